The van der Waals surface area contributed by atoms with Crippen LogP contribution in [0, 0.1) is 0 Å². The number of rotatable bonds is 6. The van der Waals surface area contributed by atoms with Gasteiger partial charge in [0.1, 0.15) is 5.75 Å². The molecule has 1 heterocycles. The van der Waals surface area contributed by atoms with Gasteiger partial charge in [-0.3, -0.25) is 9.78 Å². The van der Waals surface area contributed by atoms with E-state index in [1.54, 1.807) is 19.2 Å². The summed E-state index contributed by atoms with van der Waals surface area (Å²) in [4.78, 5) is 17.7. The van der Waals surface area contributed by atoms with Gasteiger partial charge in [-0.2, -0.15) is 0 Å². The van der Waals surface area contributed by atoms with E-state index in [9.17, 15) is 4.79 Å². The summed E-state index contributed by atoms with van der Waals surface area (Å²) in [7, 11) is 1.68. The number of amides is 1. The lowest BCUT2D eigenvalue weighted by molar-refractivity contribution is -0.115. The lowest BCUT2D eigenvalue weighted by atomic mass is 9.92. The van der Waals surface area contributed by atoms with Crippen LogP contribution >= 0.6 is 11.6 Å². The number of carbonyl (C=O) groups excluding carboxylic acids is 1. The van der Waals surface area contributed by atoms with Crippen molar-refractivity contribution in [1.29, 1.82) is 0 Å². The Bertz CT molecular complexity index is 1350. The van der Waals surface area contributed by atoms with Crippen LogP contribution in [0.3, 0.4) is 0 Å². The van der Waals surface area contributed by atoms with Crippen molar-refractivity contribution >= 4 is 45.5 Å². The van der Waals surface area contributed by atoms with E-state index >= 15 is 0 Å². The van der Waals surface area contributed by atoms with Crippen molar-refractivity contribution < 1.29 is 9.53 Å². The third-order valence-electron chi connectivity index (χ3n) is 6.19. The number of halogens is 1. The first-order chi connectivity index (χ1) is 16.6. The number of fused-ring (bicyclic) bond motifs is 2. The first-order valence-electron chi connectivity index (χ1n) is 11.5. The summed E-state index contributed by atoms with van der Waals surface area (Å²) in [6.07, 6.45) is 4.52. The minimum atomic E-state index is -0.0770. The number of nitrogens with zero attached hydrogens (tertiary/aromatic N) is 1. The third kappa shape index (κ3) is 4.70. The van der Waals surface area contributed by atoms with Gasteiger partial charge in [0, 0.05) is 21.8 Å². The van der Waals surface area contributed by atoms with Crippen molar-refractivity contribution in [3.63, 3.8) is 0 Å². The van der Waals surface area contributed by atoms with Gasteiger partial charge < -0.3 is 15.4 Å². The van der Waals surface area contributed by atoms with E-state index in [-0.39, 0.29) is 12.3 Å². The molecule has 6 heteroatoms. The van der Waals surface area contributed by atoms with Gasteiger partial charge in [-0.05, 0) is 79.3 Å². The van der Waals surface area contributed by atoms with Gasteiger partial charge >= 0.3 is 0 Å². The molecule has 1 amide bonds. The highest BCUT2D eigenvalue weighted by molar-refractivity contribution is 6.30. The number of carbonyl (C=O) groups is 1. The minimum Gasteiger partial charge on any atom is -0.495 e. The number of anilines is 3. The summed E-state index contributed by atoms with van der Waals surface area (Å²) in [6.45, 7) is 0. The first-order valence-corrected chi connectivity index (χ1v) is 11.9. The molecule has 1 aliphatic rings. The minimum absolute atomic E-state index is 0.0770. The molecule has 0 radical (unpaired) electrons. The van der Waals surface area contributed by atoms with Gasteiger partial charge in [-0.25, -0.2) is 0 Å². The Morgan fingerprint density at radius 2 is 1.82 bits per heavy atom. The second kappa shape index (κ2) is 9.74. The highest BCUT2D eigenvalue weighted by Gasteiger charge is 2.20. The quantitative estimate of drug-likeness (QED) is 0.328. The summed E-state index contributed by atoms with van der Waals surface area (Å²) in [5.74, 6) is 0.705. The van der Waals surface area contributed by atoms with E-state index in [0.29, 0.717) is 5.02 Å². The van der Waals surface area contributed by atoms with E-state index in [1.165, 1.54) is 5.56 Å². The molecular formula is C28H26ClN3O2. The van der Waals surface area contributed by atoms with Crippen LogP contribution in [-0.2, 0) is 24.1 Å². The number of pyridine rings is 1. The van der Waals surface area contributed by atoms with Crippen LogP contribution in [0.2, 0.25) is 5.02 Å². The fourth-order valence-electron chi connectivity index (χ4n) is 4.52. The Hall–Kier alpha value is -3.57. The number of benzene rings is 3. The molecule has 0 bridgehead atoms. The van der Waals surface area contributed by atoms with Gasteiger partial charge in [0.25, 0.3) is 0 Å². The number of ether oxygens (including phenoxy) is 1. The Kier molecular flexibility index (Phi) is 6.37. The molecular weight excluding hydrogens is 446 g/mol. The number of nitrogens with one attached hydrogen (secondary N) is 2. The van der Waals surface area contributed by atoms with Crippen LogP contribution in [0.4, 0.5) is 17.1 Å². The second-order valence-corrected chi connectivity index (χ2v) is 8.96. The van der Waals surface area contributed by atoms with Crippen molar-refractivity contribution in [2.75, 3.05) is 17.7 Å². The van der Waals surface area contributed by atoms with Crippen molar-refractivity contribution in [2.45, 2.75) is 32.1 Å². The average molecular weight is 472 g/mol. The van der Waals surface area contributed by atoms with Crippen LogP contribution in [-0.4, -0.2) is 18.0 Å². The number of aromatic nitrogens is 1. The highest BCUT2D eigenvalue weighted by Crippen LogP contribution is 2.38. The zero-order valence-electron chi connectivity index (χ0n) is 19.0. The molecule has 4 aromatic rings. The first kappa shape index (κ1) is 22.2. The standard InChI is InChI=1S/C28H26ClN3O2/c1-34-26-9-5-4-8-25(26)32-28-21-6-2-3-7-23(21)31-24-15-14-20(17-22(24)28)30-27(33)16-18-10-12-19(29)13-11-18/h4-5,8-15,17H,2-3,6-7,16H2,1H3,(H,30,33)(H,31,32). The zero-order chi connectivity index (χ0) is 23.5. The van der Waals surface area contributed by atoms with Crippen LogP contribution in [0.25, 0.3) is 10.9 Å². The largest absolute Gasteiger partial charge is 0.495 e. The second-order valence-electron chi connectivity index (χ2n) is 8.53. The molecule has 5 rings (SSSR count). The lowest BCUT2D eigenvalue weighted by Crippen LogP contribution is -2.14. The molecule has 1 aromatic heterocycles. The monoisotopic (exact) mass is 471 g/mol. The fourth-order valence-corrected chi connectivity index (χ4v) is 4.65. The van der Waals surface area contributed by atoms with E-state index in [0.717, 1.165) is 70.7 Å². The van der Waals surface area contributed by atoms with Gasteiger partial charge in [0.15, 0.2) is 0 Å². The smallest absolute Gasteiger partial charge is 0.228 e. The summed E-state index contributed by atoms with van der Waals surface area (Å²) < 4.78 is 5.57. The molecule has 2 N–H and O–H groups in total. The van der Waals surface area contributed by atoms with Gasteiger partial charge in [0.2, 0.25) is 5.91 Å². The molecule has 0 saturated heterocycles. The summed E-state index contributed by atoms with van der Waals surface area (Å²) >= 11 is 5.96. The molecule has 172 valence electrons. The van der Waals surface area contributed by atoms with Crippen LogP contribution < -0.4 is 15.4 Å². The number of hydrogen-bond acceptors (Lipinski definition) is 4. The van der Waals surface area contributed by atoms with Crippen molar-refractivity contribution in [1.82, 2.24) is 4.98 Å². The SMILES string of the molecule is COc1ccccc1Nc1c2c(nc3ccc(NC(=O)Cc4ccc(Cl)cc4)cc13)CCCC2. The number of methoxy groups -OCH3 is 1. The zero-order valence-corrected chi connectivity index (χ0v) is 19.8. The molecule has 5 nitrogen and oxygen atoms in total. The van der Waals surface area contributed by atoms with Crippen LogP contribution in [0.5, 0.6) is 5.75 Å². The number of aryl methyl sites for hydroxylation is 1. The predicted molar refractivity (Wildman–Crippen MR) is 138 cm³/mol. The molecule has 0 aliphatic heterocycles. The summed E-state index contributed by atoms with van der Waals surface area (Å²) in [5.41, 5.74) is 6.91. The maximum absolute atomic E-state index is 12.7. The van der Waals surface area contributed by atoms with Gasteiger partial charge in [-0.1, -0.05) is 35.9 Å². The van der Waals surface area contributed by atoms with E-state index in [1.807, 2.05) is 54.6 Å². The van der Waals surface area contributed by atoms with Gasteiger partial charge in [-0.15, -0.1) is 0 Å². The third-order valence-corrected chi connectivity index (χ3v) is 6.44. The maximum Gasteiger partial charge on any atom is 0.228 e. The Morgan fingerprint density at radius 1 is 1.03 bits per heavy atom. The van der Waals surface area contributed by atoms with E-state index in [4.69, 9.17) is 21.3 Å². The fraction of sp³-hybridized carbons (Fsp3) is 0.214. The maximum atomic E-state index is 12.7. The molecule has 3 aromatic carbocycles. The lowest BCUT2D eigenvalue weighted by Gasteiger charge is -2.23. The summed E-state index contributed by atoms with van der Waals surface area (Å²) in [5, 5.41) is 8.31. The van der Waals surface area contributed by atoms with Crippen LogP contribution in [0.1, 0.15) is 29.7 Å². The Morgan fingerprint density at radius 3 is 2.65 bits per heavy atom. The van der Waals surface area contributed by atoms with Crippen molar-refractivity contribution in [3.8, 4) is 5.75 Å². The Labute approximate surface area is 204 Å². The highest BCUT2D eigenvalue weighted by atomic mass is 35.5. The number of para-hydroxylation sites is 2. The normalized spacial score (nSPS) is 12.8. The molecule has 1 aliphatic carbocycles. The molecule has 0 spiro atoms. The van der Waals surface area contributed by atoms with E-state index in [2.05, 4.69) is 10.6 Å². The Balaban J connectivity index is 1.50. The number of hydrogen-bond donors (Lipinski definition) is 2. The summed E-state index contributed by atoms with van der Waals surface area (Å²) in [6, 6.07) is 21.1. The molecule has 0 fully saturated rings. The van der Waals surface area contributed by atoms with Crippen LogP contribution in [0.15, 0.2) is 66.7 Å². The molecule has 0 unspecified atom stereocenters. The molecule has 34 heavy (non-hydrogen) atoms. The predicted octanol–water partition coefficient (Wildman–Crippen LogP) is 6.70. The van der Waals surface area contributed by atoms with Crippen molar-refractivity contribution in [2.24, 2.45) is 0 Å². The van der Waals surface area contributed by atoms with Crippen molar-refractivity contribution in [3.05, 3.63) is 88.6 Å². The van der Waals surface area contributed by atoms with E-state index < -0.39 is 0 Å². The molecule has 0 atom stereocenters. The van der Waals surface area contributed by atoms with Gasteiger partial charge in [0.05, 0.1) is 30.4 Å². The molecule has 0 saturated carbocycles. The topological polar surface area (TPSA) is 63.2 Å². The average Bonchev–Trinajstić information content (AvgIpc) is 2.86.